The Morgan fingerprint density at radius 2 is 0.974 bits per heavy atom. The predicted molar refractivity (Wildman–Crippen MR) is 152 cm³/mol. The molecule has 4 rings (SSSR count). The maximum atomic E-state index is 13.8. The van der Waals surface area contributed by atoms with Crippen LogP contribution in [0.15, 0.2) is 97.1 Å². The largest absolute Gasteiger partial charge is 0.493 e. The minimum absolute atomic E-state index is 0.231. The molecule has 38 heavy (non-hydrogen) atoms. The van der Waals surface area contributed by atoms with Gasteiger partial charge in [0.25, 0.3) is 0 Å². The van der Waals surface area contributed by atoms with E-state index in [1.165, 1.54) is 0 Å². The standard InChI is InChI=1S/C33H30O5/c1-5-11-23-17-19-29(31(21-23)35-3)37-27-15-9-7-13-25(27)33(34)26-14-8-10-16-28(26)38-30-20-18-24(12-6-2)22-32(30)36-4/h5-22H,1-4H3/b11-5-,12-6-. The molecular formula is C33H30O5. The zero-order valence-corrected chi connectivity index (χ0v) is 21.9. The number of allylic oxidation sites excluding steroid dienone is 2. The molecule has 4 aromatic carbocycles. The van der Waals surface area contributed by atoms with Gasteiger partial charge in [-0.3, -0.25) is 4.79 Å². The van der Waals surface area contributed by atoms with Crippen LogP contribution in [0.25, 0.3) is 12.2 Å². The SMILES string of the molecule is C/C=C\c1ccc(Oc2ccccc2C(=O)c2ccccc2Oc2ccc(/C=C\C)cc2OC)c(OC)c1. The highest BCUT2D eigenvalue weighted by molar-refractivity contribution is 6.12. The Balaban J connectivity index is 1.67. The van der Waals surface area contributed by atoms with Crippen molar-refractivity contribution in [2.24, 2.45) is 0 Å². The van der Waals surface area contributed by atoms with Gasteiger partial charge in [0.05, 0.1) is 25.3 Å². The van der Waals surface area contributed by atoms with E-state index in [-0.39, 0.29) is 5.78 Å². The van der Waals surface area contributed by atoms with Gasteiger partial charge in [0, 0.05) is 0 Å². The van der Waals surface area contributed by atoms with Crippen molar-refractivity contribution in [2.75, 3.05) is 14.2 Å². The van der Waals surface area contributed by atoms with E-state index >= 15 is 0 Å². The molecule has 0 aliphatic rings. The maximum Gasteiger partial charge on any atom is 0.200 e. The van der Waals surface area contributed by atoms with E-state index in [0.29, 0.717) is 45.6 Å². The smallest absolute Gasteiger partial charge is 0.200 e. The fourth-order valence-corrected chi connectivity index (χ4v) is 4.00. The van der Waals surface area contributed by atoms with Crippen molar-refractivity contribution < 1.29 is 23.7 Å². The lowest BCUT2D eigenvalue weighted by Gasteiger charge is -2.16. The third-order valence-electron chi connectivity index (χ3n) is 5.80. The molecule has 0 heterocycles. The molecule has 0 fully saturated rings. The third kappa shape index (κ3) is 5.95. The number of para-hydroxylation sites is 2. The second-order valence-electron chi connectivity index (χ2n) is 8.35. The molecule has 0 bridgehead atoms. The normalized spacial score (nSPS) is 11.1. The molecule has 0 aliphatic carbocycles. The van der Waals surface area contributed by atoms with E-state index in [9.17, 15) is 4.79 Å². The molecule has 0 spiro atoms. The Kier molecular flexibility index (Phi) is 8.62. The summed E-state index contributed by atoms with van der Waals surface area (Å²) in [7, 11) is 3.18. The molecule has 5 nitrogen and oxygen atoms in total. The van der Waals surface area contributed by atoms with Crippen LogP contribution in [0.3, 0.4) is 0 Å². The Labute approximate surface area is 223 Å². The van der Waals surface area contributed by atoms with Crippen molar-refractivity contribution in [1.82, 2.24) is 0 Å². The van der Waals surface area contributed by atoms with Crippen molar-refractivity contribution >= 4 is 17.9 Å². The first-order chi connectivity index (χ1) is 18.6. The first kappa shape index (κ1) is 26.3. The number of rotatable bonds is 10. The van der Waals surface area contributed by atoms with Crippen LogP contribution in [0.2, 0.25) is 0 Å². The van der Waals surface area contributed by atoms with Crippen LogP contribution < -0.4 is 18.9 Å². The number of hydrogen-bond acceptors (Lipinski definition) is 5. The number of ether oxygens (including phenoxy) is 4. The van der Waals surface area contributed by atoms with Crippen molar-refractivity contribution in [3.8, 4) is 34.5 Å². The van der Waals surface area contributed by atoms with Crippen LogP contribution >= 0.6 is 0 Å². The van der Waals surface area contributed by atoms with E-state index in [0.717, 1.165) is 11.1 Å². The number of ketones is 1. The summed E-state index contributed by atoms with van der Waals surface area (Å²) in [5, 5.41) is 0. The Hall–Kier alpha value is -4.77. The molecule has 5 heteroatoms. The van der Waals surface area contributed by atoms with Crippen LogP contribution in [0, 0.1) is 0 Å². The molecule has 0 aliphatic heterocycles. The van der Waals surface area contributed by atoms with E-state index in [1.54, 1.807) is 50.6 Å². The second kappa shape index (κ2) is 12.5. The van der Waals surface area contributed by atoms with Crippen molar-refractivity contribution in [3.05, 3.63) is 119 Å². The topological polar surface area (TPSA) is 54.0 Å². The van der Waals surface area contributed by atoms with E-state index < -0.39 is 0 Å². The molecule has 0 amide bonds. The van der Waals surface area contributed by atoms with Gasteiger partial charge in [-0.25, -0.2) is 0 Å². The molecule has 192 valence electrons. The van der Waals surface area contributed by atoms with Crippen LogP contribution in [0.1, 0.15) is 40.9 Å². The summed E-state index contributed by atoms with van der Waals surface area (Å²) in [4.78, 5) is 13.8. The highest BCUT2D eigenvalue weighted by Gasteiger charge is 2.21. The molecule has 0 radical (unpaired) electrons. The summed E-state index contributed by atoms with van der Waals surface area (Å²) in [5.74, 6) is 2.76. The van der Waals surface area contributed by atoms with Crippen LogP contribution in [0.5, 0.6) is 34.5 Å². The van der Waals surface area contributed by atoms with Gasteiger partial charge in [0.2, 0.25) is 5.78 Å². The quantitative estimate of drug-likeness (QED) is 0.202. The van der Waals surface area contributed by atoms with E-state index in [2.05, 4.69) is 0 Å². The van der Waals surface area contributed by atoms with Gasteiger partial charge in [0.1, 0.15) is 11.5 Å². The molecule has 0 saturated heterocycles. The highest BCUT2D eigenvalue weighted by Crippen LogP contribution is 2.38. The summed E-state index contributed by atoms with van der Waals surface area (Å²) in [6, 6.07) is 25.6. The Morgan fingerprint density at radius 3 is 1.37 bits per heavy atom. The fraction of sp³-hybridized carbons (Fsp3) is 0.121. The van der Waals surface area contributed by atoms with Crippen LogP contribution in [0.4, 0.5) is 0 Å². The molecular weight excluding hydrogens is 476 g/mol. The lowest BCUT2D eigenvalue weighted by atomic mass is 10.0. The average molecular weight is 507 g/mol. The van der Waals surface area contributed by atoms with Crippen LogP contribution in [-0.2, 0) is 0 Å². The molecule has 0 saturated carbocycles. The Bertz CT molecular complexity index is 1370. The number of methoxy groups -OCH3 is 2. The lowest BCUT2D eigenvalue weighted by Crippen LogP contribution is -2.06. The summed E-state index contributed by atoms with van der Waals surface area (Å²) in [5.41, 5.74) is 2.78. The summed E-state index contributed by atoms with van der Waals surface area (Å²) < 4.78 is 23.5. The first-order valence-corrected chi connectivity index (χ1v) is 12.3. The number of carbonyl (C=O) groups is 1. The first-order valence-electron chi connectivity index (χ1n) is 12.3. The molecule has 0 unspecified atom stereocenters. The van der Waals surface area contributed by atoms with E-state index in [1.807, 2.05) is 86.7 Å². The zero-order valence-electron chi connectivity index (χ0n) is 21.9. The van der Waals surface area contributed by atoms with Gasteiger partial charge < -0.3 is 18.9 Å². The maximum absolute atomic E-state index is 13.8. The van der Waals surface area contributed by atoms with Gasteiger partial charge in [-0.05, 0) is 73.5 Å². The number of hydrogen-bond donors (Lipinski definition) is 0. The third-order valence-corrected chi connectivity index (χ3v) is 5.80. The van der Waals surface area contributed by atoms with Gasteiger partial charge in [-0.15, -0.1) is 0 Å². The lowest BCUT2D eigenvalue weighted by molar-refractivity contribution is 0.103. The van der Waals surface area contributed by atoms with Gasteiger partial charge >= 0.3 is 0 Å². The monoisotopic (exact) mass is 506 g/mol. The van der Waals surface area contributed by atoms with Gasteiger partial charge in [0.15, 0.2) is 23.0 Å². The average Bonchev–Trinajstić information content (AvgIpc) is 2.95. The summed E-state index contributed by atoms with van der Waals surface area (Å²) in [6.45, 7) is 3.91. The predicted octanol–water partition coefficient (Wildman–Crippen LogP) is 8.59. The molecule has 0 N–H and O–H groups in total. The van der Waals surface area contributed by atoms with Gasteiger partial charge in [-0.2, -0.15) is 0 Å². The molecule has 4 aromatic rings. The molecule has 0 aromatic heterocycles. The Morgan fingerprint density at radius 1 is 0.553 bits per heavy atom. The van der Waals surface area contributed by atoms with Crippen LogP contribution in [-0.4, -0.2) is 20.0 Å². The zero-order chi connectivity index (χ0) is 26.9. The van der Waals surface area contributed by atoms with Gasteiger partial charge in [-0.1, -0.05) is 60.7 Å². The van der Waals surface area contributed by atoms with E-state index in [4.69, 9.17) is 18.9 Å². The number of carbonyl (C=O) groups excluding carboxylic acids is 1. The highest BCUT2D eigenvalue weighted by atomic mass is 16.5. The van der Waals surface area contributed by atoms with Crippen molar-refractivity contribution in [3.63, 3.8) is 0 Å². The summed E-state index contributed by atoms with van der Waals surface area (Å²) >= 11 is 0. The second-order valence-corrected chi connectivity index (χ2v) is 8.35. The van der Waals surface area contributed by atoms with Crippen molar-refractivity contribution in [2.45, 2.75) is 13.8 Å². The molecule has 0 atom stereocenters. The summed E-state index contributed by atoms with van der Waals surface area (Å²) in [6.07, 6.45) is 7.86. The number of benzene rings is 4. The minimum atomic E-state index is -0.231. The minimum Gasteiger partial charge on any atom is -0.493 e. The van der Waals surface area contributed by atoms with Crippen molar-refractivity contribution in [1.29, 1.82) is 0 Å². The fourth-order valence-electron chi connectivity index (χ4n) is 4.00.